The van der Waals surface area contributed by atoms with E-state index in [9.17, 15) is 4.79 Å². The number of likely N-dealkylation sites (tertiary alicyclic amines) is 1. The molecule has 1 aromatic heterocycles. The highest BCUT2D eigenvalue weighted by Gasteiger charge is 2.32. The molecule has 0 atom stereocenters. The molecule has 0 radical (unpaired) electrons. The maximum Gasteiger partial charge on any atom is 0.259 e. The van der Waals surface area contributed by atoms with Crippen molar-refractivity contribution in [1.29, 1.82) is 0 Å². The first-order valence-electron chi connectivity index (χ1n) is 7.06. The van der Waals surface area contributed by atoms with Crippen molar-refractivity contribution in [3.8, 4) is 0 Å². The van der Waals surface area contributed by atoms with Crippen LogP contribution in [0.3, 0.4) is 0 Å². The molecule has 1 aliphatic rings. The molecule has 2 aromatic rings. The number of benzene rings is 1. The van der Waals surface area contributed by atoms with E-state index >= 15 is 0 Å². The summed E-state index contributed by atoms with van der Waals surface area (Å²) < 4.78 is 0. The Hall–Kier alpha value is -2.43. The molecular weight excluding hydrogens is 264 g/mol. The lowest BCUT2D eigenvalue weighted by Crippen LogP contribution is -2.50. The third-order valence-electron chi connectivity index (χ3n) is 3.78. The van der Waals surface area contributed by atoms with Gasteiger partial charge in [-0.05, 0) is 24.8 Å². The van der Waals surface area contributed by atoms with Crippen LogP contribution < -0.4 is 5.73 Å². The number of nitrogen functional groups attached to an aromatic ring is 1. The number of amides is 1. The maximum absolute atomic E-state index is 12.3. The summed E-state index contributed by atoms with van der Waals surface area (Å²) in [6.07, 6.45) is 2.52. The smallest absolute Gasteiger partial charge is 0.259 e. The molecule has 2 N–H and O–H groups in total. The quantitative estimate of drug-likeness (QED) is 0.929. The molecule has 0 bridgehead atoms. The number of hydrogen-bond acceptors (Lipinski definition) is 4. The molecule has 0 saturated carbocycles. The summed E-state index contributed by atoms with van der Waals surface area (Å²) in [5, 5.41) is 0. The largest absolute Gasteiger partial charge is 0.383 e. The maximum atomic E-state index is 12.3. The normalized spacial score (nSPS) is 14.8. The monoisotopic (exact) mass is 282 g/mol. The van der Waals surface area contributed by atoms with Crippen molar-refractivity contribution >= 4 is 11.7 Å². The van der Waals surface area contributed by atoms with Gasteiger partial charge in [0.1, 0.15) is 17.2 Å². The Kier molecular flexibility index (Phi) is 3.56. The average Bonchev–Trinajstić information content (AvgIpc) is 2.43. The van der Waals surface area contributed by atoms with E-state index in [1.54, 1.807) is 11.8 Å². The zero-order valence-corrected chi connectivity index (χ0v) is 12.0. The van der Waals surface area contributed by atoms with Crippen LogP contribution in [0, 0.1) is 12.8 Å². The number of aryl methyl sites for hydroxylation is 1. The van der Waals surface area contributed by atoms with Gasteiger partial charge in [0.2, 0.25) is 0 Å². The second-order valence-electron chi connectivity index (χ2n) is 5.48. The zero-order valence-electron chi connectivity index (χ0n) is 12.0. The number of aromatic nitrogens is 2. The minimum atomic E-state index is -0.0724. The summed E-state index contributed by atoms with van der Waals surface area (Å²) in [6.45, 7) is 3.28. The number of carbonyl (C=O) groups is 1. The number of hydrogen-bond donors (Lipinski definition) is 1. The summed E-state index contributed by atoms with van der Waals surface area (Å²) in [6, 6.07) is 10.3. The molecule has 1 amide bonds. The molecule has 0 aliphatic carbocycles. The predicted molar refractivity (Wildman–Crippen MR) is 80.7 cm³/mol. The molecule has 1 fully saturated rings. The van der Waals surface area contributed by atoms with Crippen LogP contribution in [-0.4, -0.2) is 33.9 Å². The minimum Gasteiger partial charge on any atom is -0.383 e. The summed E-state index contributed by atoms with van der Waals surface area (Å²) >= 11 is 0. The molecule has 0 unspecified atom stereocenters. The van der Waals surface area contributed by atoms with Crippen molar-refractivity contribution < 1.29 is 4.79 Å². The first-order valence-corrected chi connectivity index (χ1v) is 7.06. The lowest BCUT2D eigenvalue weighted by Gasteiger charge is -2.39. The number of nitrogens with two attached hydrogens (primary N) is 1. The van der Waals surface area contributed by atoms with Gasteiger partial charge in [0.05, 0.1) is 0 Å². The molecular formula is C16H18N4O. The van der Waals surface area contributed by atoms with Crippen molar-refractivity contribution in [2.45, 2.75) is 13.3 Å². The van der Waals surface area contributed by atoms with E-state index in [1.165, 1.54) is 11.8 Å². The summed E-state index contributed by atoms with van der Waals surface area (Å²) in [5.74, 6) is 1.29. The van der Waals surface area contributed by atoms with Crippen molar-refractivity contribution in [3.05, 3.63) is 53.5 Å². The molecule has 1 aliphatic heterocycles. The Morgan fingerprint density at radius 3 is 2.71 bits per heavy atom. The van der Waals surface area contributed by atoms with Crippen molar-refractivity contribution in [1.82, 2.24) is 14.9 Å². The van der Waals surface area contributed by atoms with Crippen molar-refractivity contribution in [2.75, 3.05) is 18.8 Å². The van der Waals surface area contributed by atoms with Crippen LogP contribution >= 0.6 is 0 Å². The van der Waals surface area contributed by atoms with Crippen molar-refractivity contribution in [3.63, 3.8) is 0 Å². The highest BCUT2D eigenvalue weighted by Crippen LogP contribution is 2.23. The predicted octanol–water partition coefficient (Wildman–Crippen LogP) is 1.68. The number of anilines is 1. The van der Waals surface area contributed by atoms with Crippen molar-refractivity contribution in [2.24, 2.45) is 5.92 Å². The second-order valence-corrected chi connectivity index (χ2v) is 5.48. The van der Waals surface area contributed by atoms with E-state index in [2.05, 4.69) is 22.1 Å². The zero-order chi connectivity index (χ0) is 14.8. The number of rotatable bonds is 3. The summed E-state index contributed by atoms with van der Waals surface area (Å²) in [4.78, 5) is 22.2. The van der Waals surface area contributed by atoms with Gasteiger partial charge in [-0.25, -0.2) is 9.97 Å². The highest BCUT2D eigenvalue weighted by atomic mass is 16.2. The Balaban J connectivity index is 1.59. The van der Waals surface area contributed by atoms with Crippen LogP contribution in [-0.2, 0) is 6.42 Å². The third-order valence-corrected chi connectivity index (χ3v) is 3.78. The van der Waals surface area contributed by atoms with Gasteiger partial charge in [-0.3, -0.25) is 4.79 Å². The van der Waals surface area contributed by atoms with E-state index in [-0.39, 0.29) is 11.7 Å². The van der Waals surface area contributed by atoms with Crippen LogP contribution in [0.25, 0.3) is 0 Å². The first kappa shape index (κ1) is 13.5. The highest BCUT2D eigenvalue weighted by molar-refractivity contribution is 5.98. The molecule has 5 nitrogen and oxygen atoms in total. The van der Waals surface area contributed by atoms with E-state index in [0.29, 0.717) is 17.3 Å². The fourth-order valence-corrected chi connectivity index (χ4v) is 2.63. The van der Waals surface area contributed by atoms with Crippen LogP contribution in [0.15, 0.2) is 36.5 Å². The van der Waals surface area contributed by atoms with Gasteiger partial charge in [0.25, 0.3) is 5.91 Å². The minimum absolute atomic E-state index is 0.0724. The molecule has 1 saturated heterocycles. The van der Waals surface area contributed by atoms with E-state index < -0.39 is 0 Å². The molecule has 108 valence electrons. The van der Waals surface area contributed by atoms with Gasteiger partial charge < -0.3 is 10.6 Å². The Morgan fingerprint density at radius 1 is 1.33 bits per heavy atom. The summed E-state index contributed by atoms with van der Waals surface area (Å²) in [7, 11) is 0. The second kappa shape index (κ2) is 5.52. The van der Waals surface area contributed by atoms with Gasteiger partial charge in [0, 0.05) is 19.3 Å². The van der Waals surface area contributed by atoms with Gasteiger partial charge in [-0.1, -0.05) is 30.3 Å². The third kappa shape index (κ3) is 2.86. The van der Waals surface area contributed by atoms with Crippen LogP contribution in [0.1, 0.15) is 21.7 Å². The molecule has 3 rings (SSSR count). The fourth-order valence-electron chi connectivity index (χ4n) is 2.63. The molecule has 5 heteroatoms. The van der Waals surface area contributed by atoms with Gasteiger partial charge >= 0.3 is 0 Å². The Morgan fingerprint density at radius 2 is 2.05 bits per heavy atom. The van der Waals surface area contributed by atoms with E-state index in [0.717, 1.165) is 19.5 Å². The SMILES string of the molecule is Cc1ncc(C(=O)N2CC(Cc3ccccc3)C2)c(N)n1. The number of nitrogens with zero attached hydrogens (tertiary/aromatic N) is 3. The van der Waals surface area contributed by atoms with E-state index in [1.807, 2.05) is 18.2 Å². The van der Waals surface area contributed by atoms with Gasteiger partial charge in [-0.2, -0.15) is 0 Å². The Labute approximate surface area is 123 Å². The van der Waals surface area contributed by atoms with Gasteiger partial charge in [0.15, 0.2) is 0 Å². The lowest BCUT2D eigenvalue weighted by molar-refractivity contribution is 0.0501. The van der Waals surface area contributed by atoms with E-state index in [4.69, 9.17) is 5.73 Å². The average molecular weight is 282 g/mol. The summed E-state index contributed by atoms with van der Waals surface area (Å²) in [5.41, 5.74) is 7.51. The topological polar surface area (TPSA) is 72.1 Å². The van der Waals surface area contributed by atoms with Crippen LogP contribution in [0.2, 0.25) is 0 Å². The molecule has 21 heavy (non-hydrogen) atoms. The molecule has 1 aromatic carbocycles. The first-order chi connectivity index (χ1) is 10.1. The fraction of sp³-hybridized carbons (Fsp3) is 0.312. The van der Waals surface area contributed by atoms with Crippen LogP contribution in [0.5, 0.6) is 0 Å². The van der Waals surface area contributed by atoms with Crippen LogP contribution in [0.4, 0.5) is 5.82 Å². The molecule has 2 heterocycles. The molecule has 0 spiro atoms. The number of carbonyl (C=O) groups excluding carboxylic acids is 1. The standard InChI is InChI=1S/C16H18N4O/c1-11-18-8-14(15(17)19-11)16(21)20-9-13(10-20)7-12-5-3-2-4-6-12/h2-6,8,13H,7,9-10H2,1H3,(H2,17,18,19). The van der Waals surface area contributed by atoms with Gasteiger partial charge in [-0.15, -0.1) is 0 Å². The lowest BCUT2D eigenvalue weighted by atomic mass is 9.91. The Bertz CT molecular complexity index is 651.